The van der Waals surface area contributed by atoms with Crippen LogP contribution in [0.1, 0.15) is 19.3 Å². The molecule has 10 heavy (non-hydrogen) atoms. The van der Waals surface area contributed by atoms with E-state index in [1.54, 1.807) is 6.21 Å². The predicted octanol–water partition coefficient (Wildman–Crippen LogP) is 1.12. The highest BCUT2D eigenvalue weighted by Gasteiger charge is 2.42. The minimum absolute atomic E-state index is 0.573. The first-order valence-electron chi connectivity index (χ1n) is 4.05. The van der Waals surface area contributed by atoms with E-state index < -0.39 is 0 Å². The molecule has 2 aliphatic heterocycles. The third-order valence-corrected chi connectivity index (χ3v) is 3.15. The van der Waals surface area contributed by atoms with Crippen molar-refractivity contribution in [2.45, 2.75) is 31.3 Å². The van der Waals surface area contributed by atoms with Crippen molar-refractivity contribution in [1.82, 2.24) is 4.90 Å². The van der Waals surface area contributed by atoms with Crippen molar-refractivity contribution < 1.29 is 0 Å². The van der Waals surface area contributed by atoms with Crippen LogP contribution in [-0.2, 0) is 0 Å². The van der Waals surface area contributed by atoms with E-state index in [1.165, 1.54) is 19.3 Å². The zero-order valence-corrected chi connectivity index (χ0v) is 6.38. The number of hydrogen-bond donors (Lipinski definition) is 1. The first-order valence-corrected chi connectivity index (χ1v) is 4.05. The van der Waals surface area contributed by atoms with E-state index in [-0.39, 0.29) is 0 Å². The summed E-state index contributed by atoms with van der Waals surface area (Å²) < 4.78 is 0. The molecule has 0 aliphatic carbocycles. The second kappa shape index (κ2) is 2.06. The van der Waals surface area contributed by atoms with Crippen LogP contribution in [0.25, 0.3) is 0 Å². The quantitative estimate of drug-likeness (QED) is 0.540. The lowest BCUT2D eigenvalue weighted by atomic mass is 9.90. The molecular weight excluding hydrogens is 124 g/mol. The van der Waals surface area contributed by atoms with Gasteiger partial charge in [-0.3, -0.25) is 4.90 Å². The van der Waals surface area contributed by atoms with Crippen molar-refractivity contribution in [2.75, 3.05) is 7.05 Å². The Morgan fingerprint density at radius 3 is 2.60 bits per heavy atom. The molecular formula is C8H14N2. The predicted molar refractivity (Wildman–Crippen MR) is 41.5 cm³/mol. The molecule has 0 spiro atoms. The molecule has 2 heteroatoms. The maximum Gasteiger partial charge on any atom is 0.0174 e. The van der Waals surface area contributed by atoms with Crippen molar-refractivity contribution >= 4 is 6.21 Å². The van der Waals surface area contributed by atoms with E-state index in [1.807, 2.05) is 0 Å². The van der Waals surface area contributed by atoms with Gasteiger partial charge in [0.05, 0.1) is 0 Å². The van der Waals surface area contributed by atoms with Crippen LogP contribution >= 0.6 is 0 Å². The van der Waals surface area contributed by atoms with E-state index >= 15 is 0 Å². The van der Waals surface area contributed by atoms with Crippen molar-refractivity contribution in [1.29, 1.82) is 5.41 Å². The van der Waals surface area contributed by atoms with Crippen LogP contribution in [0.15, 0.2) is 0 Å². The van der Waals surface area contributed by atoms with Gasteiger partial charge < -0.3 is 5.41 Å². The third kappa shape index (κ3) is 0.655. The Labute approximate surface area is 61.7 Å². The summed E-state index contributed by atoms with van der Waals surface area (Å²) in [6, 6.07) is 1.51. The van der Waals surface area contributed by atoms with E-state index in [2.05, 4.69) is 11.9 Å². The summed E-state index contributed by atoms with van der Waals surface area (Å²) in [5.74, 6) is 0.573. The summed E-state index contributed by atoms with van der Waals surface area (Å²) in [5.41, 5.74) is 0. The number of nitrogens with zero attached hydrogens (tertiary/aromatic N) is 1. The van der Waals surface area contributed by atoms with Gasteiger partial charge in [-0.25, -0.2) is 0 Å². The van der Waals surface area contributed by atoms with Crippen molar-refractivity contribution in [3.63, 3.8) is 0 Å². The summed E-state index contributed by atoms with van der Waals surface area (Å²) >= 11 is 0. The van der Waals surface area contributed by atoms with Gasteiger partial charge >= 0.3 is 0 Å². The molecule has 0 amide bonds. The summed E-state index contributed by atoms with van der Waals surface area (Å²) in [7, 11) is 2.20. The molecule has 56 valence electrons. The zero-order chi connectivity index (χ0) is 7.14. The molecule has 1 N–H and O–H groups in total. The molecule has 0 aromatic carbocycles. The molecule has 2 nitrogen and oxygen atoms in total. The van der Waals surface area contributed by atoms with Gasteiger partial charge in [0.15, 0.2) is 0 Å². The highest BCUT2D eigenvalue weighted by molar-refractivity contribution is 5.59. The lowest BCUT2D eigenvalue weighted by Crippen LogP contribution is -2.26. The maximum absolute atomic E-state index is 7.19. The molecule has 0 aromatic rings. The Morgan fingerprint density at radius 1 is 1.50 bits per heavy atom. The molecule has 3 atom stereocenters. The van der Waals surface area contributed by atoms with Crippen LogP contribution in [0.4, 0.5) is 0 Å². The molecule has 0 aromatic heterocycles. The van der Waals surface area contributed by atoms with Gasteiger partial charge in [-0.2, -0.15) is 0 Å². The second-order valence-corrected chi connectivity index (χ2v) is 3.53. The van der Waals surface area contributed by atoms with Crippen LogP contribution in [0, 0.1) is 11.3 Å². The molecule has 2 fully saturated rings. The topological polar surface area (TPSA) is 27.1 Å². The molecule has 2 aliphatic rings. The highest BCUT2D eigenvalue weighted by Crippen LogP contribution is 2.39. The number of nitrogens with one attached hydrogen (secondary N) is 1. The lowest BCUT2D eigenvalue weighted by Gasteiger charge is -2.16. The van der Waals surface area contributed by atoms with Crippen LogP contribution in [-0.4, -0.2) is 30.2 Å². The summed E-state index contributed by atoms with van der Waals surface area (Å²) in [6.45, 7) is 0. The van der Waals surface area contributed by atoms with Crippen molar-refractivity contribution in [3.05, 3.63) is 0 Å². The molecule has 2 bridgehead atoms. The minimum atomic E-state index is 0.573. The average molecular weight is 138 g/mol. The van der Waals surface area contributed by atoms with Crippen LogP contribution in [0.2, 0.25) is 0 Å². The van der Waals surface area contributed by atoms with E-state index in [0.717, 1.165) is 6.04 Å². The van der Waals surface area contributed by atoms with Crippen molar-refractivity contribution in [3.8, 4) is 0 Å². The van der Waals surface area contributed by atoms with Gasteiger partial charge in [0.2, 0.25) is 0 Å². The van der Waals surface area contributed by atoms with E-state index in [4.69, 9.17) is 5.41 Å². The molecule has 1 unspecified atom stereocenters. The van der Waals surface area contributed by atoms with Gasteiger partial charge in [-0.15, -0.1) is 0 Å². The molecule has 2 saturated heterocycles. The van der Waals surface area contributed by atoms with Gasteiger partial charge in [0.25, 0.3) is 0 Å². The monoisotopic (exact) mass is 138 g/mol. The molecule has 0 saturated carbocycles. The Balaban J connectivity index is 2.15. The van der Waals surface area contributed by atoms with Crippen LogP contribution in [0.5, 0.6) is 0 Å². The fraction of sp³-hybridized carbons (Fsp3) is 0.875. The zero-order valence-electron chi connectivity index (χ0n) is 6.38. The fourth-order valence-electron chi connectivity index (χ4n) is 2.49. The number of fused-ring (bicyclic) bond motifs is 2. The summed E-state index contributed by atoms with van der Waals surface area (Å²) in [5, 5.41) is 7.19. The fourth-order valence-corrected chi connectivity index (χ4v) is 2.49. The minimum Gasteiger partial charge on any atom is -0.313 e. The number of hydrogen-bond acceptors (Lipinski definition) is 2. The van der Waals surface area contributed by atoms with Gasteiger partial charge in [0.1, 0.15) is 0 Å². The van der Waals surface area contributed by atoms with Gasteiger partial charge in [-0.05, 0) is 32.5 Å². The Kier molecular flexibility index (Phi) is 1.31. The standard InChI is InChI=1S/C8H14N2/c1-10-7-2-3-8(10)6(4-7)5-9/h5-9H,2-4H2,1H3/t6-,7?,8+/m0/s1. The first-order chi connectivity index (χ1) is 4.83. The average Bonchev–Trinajstić information content (AvgIpc) is 2.46. The molecule has 2 rings (SSSR count). The molecule has 0 radical (unpaired) electrons. The van der Waals surface area contributed by atoms with Crippen LogP contribution in [0.3, 0.4) is 0 Å². The second-order valence-electron chi connectivity index (χ2n) is 3.53. The van der Waals surface area contributed by atoms with E-state index in [9.17, 15) is 0 Å². The lowest BCUT2D eigenvalue weighted by molar-refractivity contribution is 0.307. The first kappa shape index (κ1) is 6.35. The Bertz CT molecular complexity index is 155. The summed E-state index contributed by atoms with van der Waals surface area (Å²) in [4.78, 5) is 2.45. The Morgan fingerprint density at radius 2 is 2.30 bits per heavy atom. The Hall–Kier alpha value is -0.370. The summed E-state index contributed by atoms with van der Waals surface area (Å²) in [6.07, 6.45) is 5.57. The van der Waals surface area contributed by atoms with Crippen LogP contribution < -0.4 is 0 Å². The highest BCUT2D eigenvalue weighted by atomic mass is 15.2. The third-order valence-electron chi connectivity index (χ3n) is 3.15. The number of rotatable bonds is 1. The normalized spacial score (nSPS) is 46.3. The van der Waals surface area contributed by atoms with Gasteiger partial charge in [0, 0.05) is 18.0 Å². The maximum atomic E-state index is 7.19. The SMILES string of the molecule is CN1C2CC[C@@H]1[C@H](C=N)C2. The molecule has 2 heterocycles. The largest absolute Gasteiger partial charge is 0.313 e. The van der Waals surface area contributed by atoms with Gasteiger partial charge in [-0.1, -0.05) is 0 Å². The van der Waals surface area contributed by atoms with E-state index in [0.29, 0.717) is 12.0 Å². The van der Waals surface area contributed by atoms with Crippen molar-refractivity contribution in [2.24, 2.45) is 5.92 Å². The smallest absolute Gasteiger partial charge is 0.0174 e.